The molecule has 0 spiro atoms. The maximum absolute atomic E-state index is 13.4. The van der Waals surface area contributed by atoms with Gasteiger partial charge in [0.2, 0.25) is 5.91 Å². The molecule has 0 unspecified atom stereocenters. The van der Waals surface area contributed by atoms with E-state index in [0.717, 1.165) is 38.3 Å². The summed E-state index contributed by atoms with van der Waals surface area (Å²) >= 11 is 0. The second-order valence-electron chi connectivity index (χ2n) is 7.14. The van der Waals surface area contributed by atoms with Crippen LogP contribution in [0.15, 0.2) is 48.5 Å². The van der Waals surface area contributed by atoms with Gasteiger partial charge in [-0.25, -0.2) is 4.39 Å². The Morgan fingerprint density at radius 3 is 2.48 bits per heavy atom. The van der Waals surface area contributed by atoms with E-state index in [1.807, 2.05) is 17.9 Å². The number of anilines is 1. The molecule has 2 aromatic rings. The molecule has 0 atom stereocenters. The number of carbonyl (C=O) groups excluding carboxylic acids is 1. The van der Waals surface area contributed by atoms with E-state index in [2.05, 4.69) is 41.0 Å². The number of benzene rings is 2. The summed E-state index contributed by atoms with van der Waals surface area (Å²) in [6.45, 7) is 9.03. The number of likely N-dealkylation sites (N-methyl/N-ethyl adjacent to an activating group) is 1. The molecule has 1 fully saturated rings. The topological polar surface area (TPSA) is 26.8 Å². The standard InChI is InChI=1S/C22H28FN3O/c1-3-24(16-19-7-5-8-20(23)15-19)17-22(27)26-12-10-25(11-13-26)21-9-4-6-18(2)14-21/h4-9,14-15H,3,10-13,16-17H2,1-2H3. The van der Waals surface area contributed by atoms with E-state index in [1.165, 1.54) is 23.4 Å². The van der Waals surface area contributed by atoms with Crippen LogP contribution in [0.4, 0.5) is 10.1 Å². The van der Waals surface area contributed by atoms with Crippen molar-refractivity contribution in [2.45, 2.75) is 20.4 Å². The van der Waals surface area contributed by atoms with Gasteiger partial charge in [-0.1, -0.05) is 31.2 Å². The second-order valence-corrected chi connectivity index (χ2v) is 7.14. The number of piperazine rings is 1. The lowest BCUT2D eigenvalue weighted by molar-refractivity contribution is -0.132. The molecule has 0 saturated carbocycles. The Hall–Kier alpha value is -2.40. The number of hydrogen-bond acceptors (Lipinski definition) is 3. The maximum Gasteiger partial charge on any atom is 0.236 e. The van der Waals surface area contributed by atoms with Gasteiger partial charge in [0.1, 0.15) is 5.82 Å². The van der Waals surface area contributed by atoms with Gasteiger partial charge < -0.3 is 9.80 Å². The van der Waals surface area contributed by atoms with E-state index in [1.54, 1.807) is 6.07 Å². The van der Waals surface area contributed by atoms with Crippen LogP contribution >= 0.6 is 0 Å². The average Bonchev–Trinajstić information content (AvgIpc) is 2.67. The highest BCUT2D eigenvalue weighted by molar-refractivity contribution is 5.78. The second kappa shape index (κ2) is 9.00. The van der Waals surface area contributed by atoms with Gasteiger partial charge in [0.05, 0.1) is 6.54 Å². The van der Waals surface area contributed by atoms with Crippen LogP contribution in [0.3, 0.4) is 0 Å². The zero-order chi connectivity index (χ0) is 19.2. The van der Waals surface area contributed by atoms with Crippen molar-refractivity contribution in [1.29, 1.82) is 0 Å². The van der Waals surface area contributed by atoms with E-state index >= 15 is 0 Å². The van der Waals surface area contributed by atoms with E-state index in [4.69, 9.17) is 0 Å². The highest BCUT2D eigenvalue weighted by atomic mass is 19.1. The van der Waals surface area contributed by atoms with Crippen molar-refractivity contribution in [3.8, 4) is 0 Å². The molecule has 27 heavy (non-hydrogen) atoms. The largest absolute Gasteiger partial charge is 0.368 e. The van der Waals surface area contributed by atoms with Crippen LogP contribution in [0.1, 0.15) is 18.1 Å². The molecule has 1 aliphatic rings. The number of rotatable bonds is 6. The summed E-state index contributed by atoms with van der Waals surface area (Å²) in [6, 6.07) is 15.1. The van der Waals surface area contributed by atoms with E-state index in [-0.39, 0.29) is 11.7 Å². The Kier molecular flexibility index (Phi) is 6.45. The molecule has 1 aliphatic heterocycles. The number of carbonyl (C=O) groups is 1. The lowest BCUT2D eigenvalue weighted by Crippen LogP contribution is -2.51. The predicted molar refractivity (Wildman–Crippen MR) is 107 cm³/mol. The molecule has 2 aromatic carbocycles. The molecular formula is C22H28FN3O. The molecule has 0 aromatic heterocycles. The zero-order valence-corrected chi connectivity index (χ0v) is 16.2. The summed E-state index contributed by atoms with van der Waals surface area (Å²) in [5.41, 5.74) is 3.37. The van der Waals surface area contributed by atoms with Crippen LogP contribution in [0.2, 0.25) is 0 Å². The van der Waals surface area contributed by atoms with Gasteiger partial charge in [0.15, 0.2) is 0 Å². The smallest absolute Gasteiger partial charge is 0.236 e. The van der Waals surface area contributed by atoms with Gasteiger partial charge in [0.25, 0.3) is 0 Å². The first-order valence-electron chi connectivity index (χ1n) is 9.61. The van der Waals surface area contributed by atoms with Gasteiger partial charge in [-0.2, -0.15) is 0 Å². The normalized spacial score (nSPS) is 14.7. The highest BCUT2D eigenvalue weighted by Crippen LogP contribution is 2.18. The van der Waals surface area contributed by atoms with E-state index < -0.39 is 0 Å². The first kappa shape index (κ1) is 19.4. The van der Waals surface area contributed by atoms with Crippen molar-refractivity contribution in [1.82, 2.24) is 9.80 Å². The zero-order valence-electron chi connectivity index (χ0n) is 16.2. The molecule has 1 amide bonds. The van der Waals surface area contributed by atoms with Crippen molar-refractivity contribution < 1.29 is 9.18 Å². The molecular weight excluding hydrogens is 341 g/mol. The maximum atomic E-state index is 13.4. The fraction of sp³-hybridized carbons (Fsp3) is 0.409. The van der Waals surface area contributed by atoms with Crippen LogP contribution in [0.5, 0.6) is 0 Å². The van der Waals surface area contributed by atoms with Crippen LogP contribution in [0, 0.1) is 12.7 Å². The number of amides is 1. The minimum absolute atomic E-state index is 0.150. The summed E-state index contributed by atoms with van der Waals surface area (Å²) in [4.78, 5) is 19.1. The Morgan fingerprint density at radius 2 is 1.81 bits per heavy atom. The monoisotopic (exact) mass is 369 g/mol. The fourth-order valence-electron chi connectivity index (χ4n) is 3.50. The van der Waals surface area contributed by atoms with Crippen molar-refractivity contribution in [2.24, 2.45) is 0 Å². The van der Waals surface area contributed by atoms with Gasteiger partial charge in [-0.15, -0.1) is 0 Å². The Morgan fingerprint density at radius 1 is 1.07 bits per heavy atom. The fourth-order valence-corrected chi connectivity index (χ4v) is 3.50. The number of aryl methyl sites for hydroxylation is 1. The van der Waals surface area contributed by atoms with Crippen LogP contribution < -0.4 is 4.90 Å². The molecule has 5 heteroatoms. The molecule has 0 radical (unpaired) electrons. The van der Waals surface area contributed by atoms with Gasteiger partial charge in [-0.05, 0) is 48.9 Å². The molecule has 1 saturated heterocycles. The number of hydrogen-bond donors (Lipinski definition) is 0. The third-order valence-corrected chi connectivity index (χ3v) is 5.10. The summed E-state index contributed by atoms with van der Waals surface area (Å²) in [5, 5.41) is 0. The van der Waals surface area contributed by atoms with E-state index in [9.17, 15) is 9.18 Å². The quantitative estimate of drug-likeness (QED) is 0.782. The molecule has 4 nitrogen and oxygen atoms in total. The van der Waals surface area contributed by atoms with Crippen molar-refractivity contribution in [3.63, 3.8) is 0 Å². The Balaban J connectivity index is 1.52. The summed E-state index contributed by atoms with van der Waals surface area (Å²) in [5.74, 6) is -0.0840. The van der Waals surface area contributed by atoms with Crippen LogP contribution in [-0.2, 0) is 11.3 Å². The van der Waals surface area contributed by atoms with E-state index in [0.29, 0.717) is 13.1 Å². The first-order valence-corrected chi connectivity index (χ1v) is 9.61. The van der Waals surface area contributed by atoms with Gasteiger partial charge >= 0.3 is 0 Å². The summed E-state index contributed by atoms with van der Waals surface area (Å²) in [6.07, 6.45) is 0. The van der Waals surface area contributed by atoms with Crippen molar-refractivity contribution in [2.75, 3.05) is 44.2 Å². The number of halogens is 1. The van der Waals surface area contributed by atoms with Crippen molar-refractivity contribution in [3.05, 3.63) is 65.5 Å². The molecule has 0 aliphatic carbocycles. The molecule has 0 N–H and O–H groups in total. The average molecular weight is 369 g/mol. The van der Waals surface area contributed by atoms with Crippen molar-refractivity contribution >= 4 is 11.6 Å². The summed E-state index contributed by atoms with van der Waals surface area (Å²) in [7, 11) is 0. The van der Waals surface area contributed by atoms with Gasteiger partial charge in [0, 0.05) is 38.4 Å². The highest BCUT2D eigenvalue weighted by Gasteiger charge is 2.22. The van der Waals surface area contributed by atoms with Crippen LogP contribution in [0.25, 0.3) is 0 Å². The first-order chi connectivity index (χ1) is 13.0. The number of nitrogens with zero attached hydrogens (tertiary/aromatic N) is 3. The third-order valence-electron chi connectivity index (χ3n) is 5.10. The molecule has 1 heterocycles. The lowest BCUT2D eigenvalue weighted by atomic mass is 10.2. The Labute approximate surface area is 161 Å². The SMILES string of the molecule is CCN(CC(=O)N1CCN(c2cccc(C)c2)CC1)Cc1cccc(F)c1. The minimum Gasteiger partial charge on any atom is -0.368 e. The third kappa shape index (κ3) is 5.30. The Bertz CT molecular complexity index is 772. The predicted octanol–water partition coefficient (Wildman–Crippen LogP) is 3.30. The molecule has 144 valence electrons. The van der Waals surface area contributed by atoms with Gasteiger partial charge in [-0.3, -0.25) is 9.69 Å². The minimum atomic E-state index is -0.234. The summed E-state index contributed by atoms with van der Waals surface area (Å²) < 4.78 is 13.4. The molecule has 3 rings (SSSR count). The van der Waals surface area contributed by atoms with Crippen LogP contribution in [-0.4, -0.2) is 55.0 Å². The molecule has 0 bridgehead atoms. The lowest BCUT2D eigenvalue weighted by Gasteiger charge is -2.37.